The Morgan fingerprint density at radius 2 is 2.06 bits per heavy atom. The predicted octanol–water partition coefficient (Wildman–Crippen LogP) is 3.40. The van der Waals surface area contributed by atoms with Crippen molar-refractivity contribution >= 4 is 21.8 Å². The first-order chi connectivity index (χ1) is 8.65. The zero-order valence-electron chi connectivity index (χ0n) is 10.0. The molecule has 4 heteroatoms. The highest BCUT2D eigenvalue weighted by Gasteiger charge is 2.11. The number of hydrogen-bond acceptors (Lipinski definition) is 2. The van der Waals surface area contributed by atoms with Crippen molar-refractivity contribution in [3.8, 4) is 0 Å². The summed E-state index contributed by atoms with van der Waals surface area (Å²) in [6, 6.07) is 9.82. The van der Waals surface area contributed by atoms with E-state index < -0.39 is 0 Å². The lowest BCUT2D eigenvalue weighted by Gasteiger charge is -2.13. The van der Waals surface area contributed by atoms with Gasteiger partial charge in [-0.2, -0.15) is 0 Å². The summed E-state index contributed by atoms with van der Waals surface area (Å²) in [6.07, 6.45) is 3.74. The molecule has 1 amide bonds. The first kappa shape index (κ1) is 12.9. The molecule has 0 bridgehead atoms. The van der Waals surface area contributed by atoms with Gasteiger partial charge in [0.15, 0.2) is 0 Å². The van der Waals surface area contributed by atoms with Crippen LogP contribution in [-0.4, -0.2) is 11.9 Å². The molecule has 94 valence electrons. The molecule has 2 aromatic rings. The number of hydrogen-bond donors (Lipinski definition) is 1. The van der Waals surface area contributed by atoms with Crippen LogP contribution < -0.4 is 5.32 Å². The van der Waals surface area contributed by atoms with Crippen LogP contribution in [0.4, 0.5) is 0 Å². The van der Waals surface area contributed by atoms with E-state index in [0.29, 0.717) is 5.56 Å². The van der Waals surface area contributed by atoms with Gasteiger partial charge < -0.3 is 9.73 Å². The van der Waals surface area contributed by atoms with Crippen molar-refractivity contribution in [2.45, 2.75) is 19.4 Å². The van der Waals surface area contributed by atoms with Crippen LogP contribution in [0.3, 0.4) is 0 Å². The fourth-order valence-electron chi connectivity index (χ4n) is 1.73. The van der Waals surface area contributed by atoms with E-state index in [1.807, 2.05) is 31.2 Å². The van der Waals surface area contributed by atoms with Gasteiger partial charge in [-0.15, -0.1) is 0 Å². The van der Waals surface area contributed by atoms with Gasteiger partial charge in [-0.3, -0.25) is 4.79 Å². The van der Waals surface area contributed by atoms with Gasteiger partial charge >= 0.3 is 0 Å². The number of halogens is 1. The number of furan rings is 1. The lowest BCUT2D eigenvalue weighted by molar-refractivity contribution is 0.0939. The van der Waals surface area contributed by atoms with Crippen LogP contribution >= 0.6 is 15.9 Å². The maximum Gasteiger partial charge on any atom is 0.254 e. The smallest absolute Gasteiger partial charge is 0.254 e. The zero-order valence-corrected chi connectivity index (χ0v) is 11.6. The molecule has 0 spiro atoms. The molecular weight excluding hydrogens is 294 g/mol. The Morgan fingerprint density at radius 1 is 1.33 bits per heavy atom. The van der Waals surface area contributed by atoms with E-state index in [4.69, 9.17) is 4.42 Å². The van der Waals surface area contributed by atoms with Gasteiger partial charge in [-0.1, -0.05) is 28.1 Å². The Bertz CT molecular complexity index is 505. The van der Waals surface area contributed by atoms with E-state index in [1.165, 1.54) is 18.1 Å². The highest BCUT2D eigenvalue weighted by molar-refractivity contribution is 9.10. The molecule has 1 N–H and O–H groups in total. The number of carbonyl (C=O) groups is 1. The zero-order chi connectivity index (χ0) is 13.0. The summed E-state index contributed by atoms with van der Waals surface area (Å²) in [5.74, 6) is -0.103. The van der Waals surface area contributed by atoms with E-state index in [-0.39, 0.29) is 11.9 Å². The third kappa shape index (κ3) is 3.47. The summed E-state index contributed by atoms with van der Waals surface area (Å²) in [4.78, 5) is 11.8. The lowest BCUT2D eigenvalue weighted by atomic mass is 10.1. The molecule has 1 aromatic heterocycles. The van der Waals surface area contributed by atoms with E-state index >= 15 is 0 Å². The minimum absolute atomic E-state index is 0.0774. The maximum atomic E-state index is 11.8. The molecule has 1 atom stereocenters. The van der Waals surface area contributed by atoms with E-state index in [2.05, 4.69) is 21.2 Å². The van der Waals surface area contributed by atoms with Crippen molar-refractivity contribution in [1.82, 2.24) is 5.32 Å². The van der Waals surface area contributed by atoms with Gasteiger partial charge in [-0.05, 0) is 37.1 Å². The molecule has 3 nitrogen and oxygen atoms in total. The van der Waals surface area contributed by atoms with Gasteiger partial charge in [-0.25, -0.2) is 0 Å². The number of amides is 1. The Hall–Kier alpha value is -1.55. The van der Waals surface area contributed by atoms with Crippen molar-refractivity contribution in [3.63, 3.8) is 0 Å². The van der Waals surface area contributed by atoms with E-state index in [9.17, 15) is 4.79 Å². The molecule has 18 heavy (non-hydrogen) atoms. The first-order valence-electron chi connectivity index (χ1n) is 5.72. The van der Waals surface area contributed by atoms with Gasteiger partial charge in [0.2, 0.25) is 0 Å². The van der Waals surface area contributed by atoms with Gasteiger partial charge in [0.05, 0.1) is 11.8 Å². The summed E-state index contributed by atoms with van der Waals surface area (Å²) in [5, 5.41) is 2.93. The minimum atomic E-state index is -0.103. The first-order valence-corrected chi connectivity index (χ1v) is 6.52. The molecule has 0 aliphatic heterocycles. The molecule has 0 saturated carbocycles. The predicted molar refractivity (Wildman–Crippen MR) is 73.5 cm³/mol. The molecule has 0 fully saturated rings. The maximum absolute atomic E-state index is 11.8. The standard InChI is InChI=1S/C14H14BrNO2/c1-10(8-11-2-4-13(15)5-3-11)16-14(17)12-6-7-18-9-12/h2-7,9-10H,8H2,1H3,(H,16,17). The largest absolute Gasteiger partial charge is 0.472 e. The van der Waals surface area contributed by atoms with Gasteiger partial charge in [0.1, 0.15) is 6.26 Å². The quantitative estimate of drug-likeness (QED) is 0.940. The van der Waals surface area contributed by atoms with Crippen LogP contribution in [0.5, 0.6) is 0 Å². The number of benzene rings is 1. The molecule has 0 radical (unpaired) electrons. The van der Waals surface area contributed by atoms with Crippen molar-refractivity contribution in [2.24, 2.45) is 0 Å². The second kappa shape index (κ2) is 5.87. The van der Waals surface area contributed by atoms with Crippen LogP contribution in [0.1, 0.15) is 22.8 Å². The fourth-order valence-corrected chi connectivity index (χ4v) is 1.99. The van der Waals surface area contributed by atoms with Gasteiger partial charge in [0, 0.05) is 10.5 Å². The molecule has 2 rings (SSSR count). The van der Waals surface area contributed by atoms with Crippen molar-refractivity contribution in [2.75, 3.05) is 0 Å². The second-order valence-electron chi connectivity index (χ2n) is 4.22. The van der Waals surface area contributed by atoms with Crippen LogP contribution in [0.2, 0.25) is 0 Å². The number of carbonyl (C=O) groups excluding carboxylic acids is 1. The SMILES string of the molecule is CC(Cc1ccc(Br)cc1)NC(=O)c1ccoc1. The molecule has 0 saturated heterocycles. The Kier molecular flexibility index (Phi) is 4.20. The van der Waals surface area contributed by atoms with Crippen LogP contribution in [0.25, 0.3) is 0 Å². The third-order valence-electron chi connectivity index (χ3n) is 2.62. The lowest BCUT2D eigenvalue weighted by Crippen LogP contribution is -2.33. The molecule has 1 heterocycles. The summed E-state index contributed by atoms with van der Waals surface area (Å²) >= 11 is 3.40. The van der Waals surface area contributed by atoms with E-state index in [1.54, 1.807) is 6.07 Å². The number of rotatable bonds is 4. The summed E-state index contributed by atoms with van der Waals surface area (Å²) in [5.41, 5.74) is 1.75. The van der Waals surface area contributed by atoms with Crippen LogP contribution in [-0.2, 0) is 6.42 Å². The molecule has 0 aliphatic carbocycles. The minimum Gasteiger partial charge on any atom is -0.472 e. The number of nitrogens with one attached hydrogen (secondary N) is 1. The van der Waals surface area contributed by atoms with Crippen LogP contribution in [0.15, 0.2) is 51.7 Å². The highest BCUT2D eigenvalue weighted by atomic mass is 79.9. The van der Waals surface area contributed by atoms with Crippen LogP contribution in [0, 0.1) is 0 Å². The summed E-state index contributed by atoms with van der Waals surface area (Å²) < 4.78 is 5.94. The monoisotopic (exact) mass is 307 g/mol. The Labute approximate surface area is 114 Å². The summed E-state index contributed by atoms with van der Waals surface area (Å²) in [6.45, 7) is 1.99. The molecule has 1 aromatic carbocycles. The molecule has 0 aliphatic rings. The second-order valence-corrected chi connectivity index (χ2v) is 5.13. The normalized spacial score (nSPS) is 12.1. The van der Waals surface area contributed by atoms with Crippen molar-refractivity contribution in [3.05, 3.63) is 58.5 Å². The fraction of sp³-hybridized carbons (Fsp3) is 0.214. The topological polar surface area (TPSA) is 42.2 Å². The third-order valence-corrected chi connectivity index (χ3v) is 3.14. The van der Waals surface area contributed by atoms with Gasteiger partial charge in [0.25, 0.3) is 5.91 Å². The molecule has 1 unspecified atom stereocenters. The average Bonchev–Trinajstić information content (AvgIpc) is 2.85. The highest BCUT2D eigenvalue weighted by Crippen LogP contribution is 2.12. The molecular formula is C14H14BrNO2. The Morgan fingerprint density at radius 3 is 2.67 bits per heavy atom. The average molecular weight is 308 g/mol. The van der Waals surface area contributed by atoms with Crippen molar-refractivity contribution < 1.29 is 9.21 Å². The Balaban J connectivity index is 1.90. The summed E-state index contributed by atoms with van der Waals surface area (Å²) in [7, 11) is 0. The van der Waals surface area contributed by atoms with Crippen molar-refractivity contribution in [1.29, 1.82) is 0 Å². The van der Waals surface area contributed by atoms with E-state index in [0.717, 1.165) is 10.9 Å².